The van der Waals surface area contributed by atoms with Crippen molar-refractivity contribution in [2.45, 2.75) is 0 Å². The third-order valence-corrected chi connectivity index (χ3v) is 2.17. The number of ether oxygens (including phenoxy) is 1. The lowest BCUT2D eigenvalue weighted by molar-refractivity contribution is 0.102. The average molecular weight is 229 g/mol. The van der Waals surface area contributed by atoms with Crippen molar-refractivity contribution in [1.29, 1.82) is 0 Å². The third-order valence-electron chi connectivity index (χ3n) is 2.17. The normalized spacial score (nSPS) is 9.71. The number of carbonyl (C=O) groups excluding carboxylic acids is 1. The standard InChI is InChI=1S/C12H11N3O2/c1-17-10-6-4-9(5-7-10)12(16)14-11-3-2-8-13-15-11/h2-8H,1H3,(H,14,15,16). The van der Waals surface area contributed by atoms with Gasteiger partial charge in [0.2, 0.25) is 0 Å². The molecule has 0 saturated heterocycles. The van der Waals surface area contributed by atoms with Crippen LogP contribution in [0.2, 0.25) is 0 Å². The molecule has 0 saturated carbocycles. The van der Waals surface area contributed by atoms with Gasteiger partial charge in [0, 0.05) is 11.8 Å². The van der Waals surface area contributed by atoms with E-state index in [9.17, 15) is 4.79 Å². The topological polar surface area (TPSA) is 64.1 Å². The van der Waals surface area contributed by atoms with E-state index in [2.05, 4.69) is 15.5 Å². The van der Waals surface area contributed by atoms with Gasteiger partial charge < -0.3 is 10.1 Å². The van der Waals surface area contributed by atoms with Crippen LogP contribution in [0.1, 0.15) is 10.4 Å². The average Bonchev–Trinajstić information content (AvgIpc) is 2.40. The molecule has 0 fully saturated rings. The zero-order valence-corrected chi connectivity index (χ0v) is 9.25. The van der Waals surface area contributed by atoms with Gasteiger partial charge in [-0.05, 0) is 36.4 Å². The van der Waals surface area contributed by atoms with Gasteiger partial charge >= 0.3 is 0 Å². The summed E-state index contributed by atoms with van der Waals surface area (Å²) in [6.45, 7) is 0. The van der Waals surface area contributed by atoms with Crippen molar-refractivity contribution in [2.75, 3.05) is 12.4 Å². The first-order valence-electron chi connectivity index (χ1n) is 5.03. The van der Waals surface area contributed by atoms with E-state index in [4.69, 9.17) is 4.74 Å². The van der Waals surface area contributed by atoms with Crippen LogP contribution in [0.25, 0.3) is 0 Å². The fraction of sp³-hybridized carbons (Fsp3) is 0.0833. The lowest BCUT2D eigenvalue weighted by atomic mass is 10.2. The van der Waals surface area contributed by atoms with Gasteiger partial charge in [0.05, 0.1) is 7.11 Å². The number of amides is 1. The number of benzene rings is 1. The van der Waals surface area contributed by atoms with Crippen LogP contribution in [0.5, 0.6) is 5.75 Å². The number of methoxy groups -OCH3 is 1. The van der Waals surface area contributed by atoms with Crippen molar-refractivity contribution in [3.05, 3.63) is 48.2 Å². The Morgan fingerprint density at radius 1 is 1.24 bits per heavy atom. The first kappa shape index (κ1) is 11.1. The van der Waals surface area contributed by atoms with Crippen LogP contribution in [-0.2, 0) is 0 Å². The highest BCUT2D eigenvalue weighted by Gasteiger charge is 2.06. The second kappa shape index (κ2) is 5.07. The van der Waals surface area contributed by atoms with Gasteiger partial charge in [0.15, 0.2) is 5.82 Å². The van der Waals surface area contributed by atoms with E-state index in [1.807, 2.05) is 0 Å². The summed E-state index contributed by atoms with van der Waals surface area (Å²) in [7, 11) is 1.58. The number of hydrogen-bond donors (Lipinski definition) is 1. The summed E-state index contributed by atoms with van der Waals surface area (Å²) in [6.07, 6.45) is 1.54. The van der Waals surface area contributed by atoms with Gasteiger partial charge in [-0.3, -0.25) is 4.79 Å². The van der Waals surface area contributed by atoms with Crippen LogP contribution < -0.4 is 10.1 Å². The van der Waals surface area contributed by atoms with Crippen LogP contribution in [0, 0.1) is 0 Å². The fourth-order valence-electron chi connectivity index (χ4n) is 1.30. The summed E-state index contributed by atoms with van der Waals surface area (Å²) in [5, 5.41) is 10.1. The Hall–Kier alpha value is -2.43. The molecule has 1 aromatic carbocycles. The molecule has 1 aromatic heterocycles. The van der Waals surface area contributed by atoms with Gasteiger partial charge in [-0.25, -0.2) is 0 Å². The number of hydrogen-bond acceptors (Lipinski definition) is 4. The Bertz CT molecular complexity index is 497. The van der Waals surface area contributed by atoms with Crippen molar-refractivity contribution in [3.63, 3.8) is 0 Å². The largest absolute Gasteiger partial charge is 0.497 e. The molecule has 0 unspecified atom stereocenters. The van der Waals surface area contributed by atoms with E-state index < -0.39 is 0 Å². The maximum Gasteiger partial charge on any atom is 0.256 e. The Balaban J connectivity index is 2.09. The highest BCUT2D eigenvalue weighted by molar-refractivity contribution is 6.03. The van der Waals surface area contributed by atoms with Crippen LogP contribution in [-0.4, -0.2) is 23.2 Å². The van der Waals surface area contributed by atoms with E-state index in [1.54, 1.807) is 49.7 Å². The zero-order valence-electron chi connectivity index (χ0n) is 9.25. The molecule has 0 aliphatic heterocycles. The van der Waals surface area contributed by atoms with Crippen molar-refractivity contribution in [2.24, 2.45) is 0 Å². The molecule has 1 amide bonds. The SMILES string of the molecule is COc1ccc(C(=O)Nc2cccnn2)cc1. The van der Waals surface area contributed by atoms with E-state index in [-0.39, 0.29) is 5.91 Å². The molecule has 0 aliphatic carbocycles. The minimum absolute atomic E-state index is 0.229. The summed E-state index contributed by atoms with van der Waals surface area (Å²) in [6, 6.07) is 10.2. The van der Waals surface area contributed by atoms with Gasteiger partial charge in [0.25, 0.3) is 5.91 Å². The highest BCUT2D eigenvalue weighted by Crippen LogP contribution is 2.12. The molecule has 86 valence electrons. The first-order chi connectivity index (χ1) is 8.29. The van der Waals surface area contributed by atoms with Crippen molar-refractivity contribution < 1.29 is 9.53 Å². The number of nitrogens with one attached hydrogen (secondary N) is 1. The summed E-state index contributed by atoms with van der Waals surface area (Å²) < 4.78 is 5.01. The minimum atomic E-state index is -0.229. The third kappa shape index (κ3) is 2.78. The molecule has 1 N–H and O–H groups in total. The lowest BCUT2D eigenvalue weighted by Gasteiger charge is -2.04. The summed E-state index contributed by atoms with van der Waals surface area (Å²) >= 11 is 0. The molecular weight excluding hydrogens is 218 g/mol. The quantitative estimate of drug-likeness (QED) is 0.870. The van der Waals surface area contributed by atoms with Crippen LogP contribution in [0.15, 0.2) is 42.6 Å². The van der Waals surface area contributed by atoms with Crippen LogP contribution in [0.4, 0.5) is 5.82 Å². The number of carbonyl (C=O) groups is 1. The molecule has 0 spiro atoms. The monoisotopic (exact) mass is 229 g/mol. The number of rotatable bonds is 3. The molecule has 1 heterocycles. The summed E-state index contributed by atoms with van der Waals surface area (Å²) in [4.78, 5) is 11.8. The molecule has 5 heteroatoms. The maximum absolute atomic E-state index is 11.8. The van der Waals surface area contributed by atoms with Crippen LogP contribution >= 0.6 is 0 Å². The predicted molar refractivity (Wildman–Crippen MR) is 63.0 cm³/mol. The first-order valence-corrected chi connectivity index (χ1v) is 5.03. The molecule has 2 rings (SSSR count). The Kier molecular flexibility index (Phi) is 3.30. The Morgan fingerprint density at radius 3 is 2.59 bits per heavy atom. The number of aromatic nitrogens is 2. The molecule has 5 nitrogen and oxygen atoms in total. The predicted octanol–water partition coefficient (Wildman–Crippen LogP) is 1.74. The molecule has 2 aromatic rings. The fourth-order valence-corrected chi connectivity index (χ4v) is 1.30. The molecule has 17 heavy (non-hydrogen) atoms. The van der Waals surface area contributed by atoms with Crippen LogP contribution in [0.3, 0.4) is 0 Å². The second-order valence-electron chi connectivity index (χ2n) is 3.29. The van der Waals surface area contributed by atoms with E-state index in [0.717, 1.165) is 0 Å². The number of nitrogens with zero attached hydrogens (tertiary/aromatic N) is 2. The summed E-state index contributed by atoms with van der Waals surface area (Å²) in [5.74, 6) is 0.905. The zero-order chi connectivity index (χ0) is 12.1. The molecule has 0 atom stereocenters. The van der Waals surface area contributed by atoms with Crippen molar-refractivity contribution in [1.82, 2.24) is 10.2 Å². The Morgan fingerprint density at radius 2 is 2.00 bits per heavy atom. The summed E-state index contributed by atoms with van der Waals surface area (Å²) in [5.41, 5.74) is 0.538. The van der Waals surface area contributed by atoms with E-state index >= 15 is 0 Å². The Labute approximate surface area is 98.5 Å². The van der Waals surface area contributed by atoms with Crippen molar-refractivity contribution >= 4 is 11.7 Å². The number of anilines is 1. The van der Waals surface area contributed by atoms with E-state index in [0.29, 0.717) is 17.1 Å². The van der Waals surface area contributed by atoms with Gasteiger partial charge in [-0.1, -0.05) is 0 Å². The van der Waals surface area contributed by atoms with E-state index in [1.165, 1.54) is 0 Å². The van der Waals surface area contributed by atoms with Gasteiger partial charge in [-0.2, -0.15) is 5.10 Å². The molecule has 0 aliphatic rings. The maximum atomic E-state index is 11.8. The molecule has 0 bridgehead atoms. The minimum Gasteiger partial charge on any atom is -0.497 e. The smallest absolute Gasteiger partial charge is 0.256 e. The molecular formula is C12H11N3O2. The lowest BCUT2D eigenvalue weighted by Crippen LogP contribution is -2.12. The van der Waals surface area contributed by atoms with Crippen molar-refractivity contribution in [3.8, 4) is 5.75 Å². The van der Waals surface area contributed by atoms with Gasteiger partial charge in [0.1, 0.15) is 5.75 Å². The molecule has 0 radical (unpaired) electrons. The highest BCUT2D eigenvalue weighted by atomic mass is 16.5. The second-order valence-corrected chi connectivity index (χ2v) is 3.29. The van der Waals surface area contributed by atoms with Gasteiger partial charge in [-0.15, -0.1) is 5.10 Å².